The number of carbonyl (C=O) groups is 1. The molecule has 4 rings (SSSR count). The Morgan fingerprint density at radius 1 is 1.17 bits per heavy atom. The molecule has 0 saturated heterocycles. The van der Waals surface area contributed by atoms with Crippen LogP contribution in [0, 0.1) is 0 Å². The number of nitrogens with one attached hydrogen (secondary N) is 1. The standard InChI is InChI=1S/C16H15N9O5/c1-8(26)18-9-4-5-25(14(28)19-9)15-21-20-10(30-15)6-24-7-17-12-11(24)13(27)23(3)16(29)22(12)2/h4-5,7H,6H2,1-3H3,(H,18,19,26,28). The largest absolute Gasteiger partial charge is 0.405 e. The van der Waals surface area contributed by atoms with Gasteiger partial charge in [0.2, 0.25) is 11.8 Å². The van der Waals surface area contributed by atoms with E-state index in [-0.39, 0.29) is 41.3 Å². The summed E-state index contributed by atoms with van der Waals surface area (Å²) in [5.41, 5.74) is -1.32. The Kier molecular flexibility index (Phi) is 4.37. The van der Waals surface area contributed by atoms with E-state index in [0.717, 1.165) is 9.13 Å². The third-order valence-electron chi connectivity index (χ3n) is 4.29. The van der Waals surface area contributed by atoms with E-state index < -0.39 is 16.9 Å². The molecule has 14 heteroatoms. The van der Waals surface area contributed by atoms with Crippen LogP contribution < -0.4 is 22.3 Å². The molecule has 0 aromatic carbocycles. The van der Waals surface area contributed by atoms with Gasteiger partial charge in [-0.15, -0.1) is 5.10 Å². The minimum absolute atomic E-state index is 0.0108. The highest BCUT2D eigenvalue weighted by Crippen LogP contribution is 2.11. The van der Waals surface area contributed by atoms with Gasteiger partial charge in [0.25, 0.3) is 5.56 Å². The third-order valence-corrected chi connectivity index (χ3v) is 4.29. The first-order valence-electron chi connectivity index (χ1n) is 8.57. The maximum atomic E-state index is 12.5. The smallest absolute Gasteiger partial charge is 0.357 e. The van der Waals surface area contributed by atoms with E-state index in [0.29, 0.717) is 0 Å². The van der Waals surface area contributed by atoms with Crippen molar-refractivity contribution >= 4 is 22.9 Å². The Bertz CT molecular complexity index is 1470. The summed E-state index contributed by atoms with van der Waals surface area (Å²) in [4.78, 5) is 55.6. The molecular weight excluding hydrogens is 398 g/mol. The Morgan fingerprint density at radius 3 is 2.63 bits per heavy atom. The van der Waals surface area contributed by atoms with Crippen molar-refractivity contribution < 1.29 is 9.21 Å². The van der Waals surface area contributed by atoms with Crippen molar-refractivity contribution in [1.82, 2.24) is 38.4 Å². The monoisotopic (exact) mass is 413 g/mol. The van der Waals surface area contributed by atoms with E-state index in [1.807, 2.05) is 0 Å². The maximum absolute atomic E-state index is 12.5. The molecule has 0 radical (unpaired) electrons. The number of aromatic nitrogens is 8. The summed E-state index contributed by atoms with van der Waals surface area (Å²) in [5.74, 6) is -0.177. The second-order valence-corrected chi connectivity index (χ2v) is 6.38. The molecule has 0 aliphatic rings. The third kappa shape index (κ3) is 3.09. The van der Waals surface area contributed by atoms with E-state index in [4.69, 9.17) is 4.42 Å². The average molecular weight is 413 g/mol. The number of nitrogens with zero attached hydrogens (tertiary/aromatic N) is 8. The highest BCUT2D eigenvalue weighted by Gasteiger charge is 2.17. The first-order chi connectivity index (χ1) is 14.3. The van der Waals surface area contributed by atoms with Gasteiger partial charge in [-0.1, -0.05) is 5.10 Å². The van der Waals surface area contributed by atoms with Crippen LogP contribution in [0.15, 0.2) is 37.4 Å². The molecule has 0 spiro atoms. The van der Waals surface area contributed by atoms with Crippen LogP contribution in [0.25, 0.3) is 17.2 Å². The van der Waals surface area contributed by atoms with E-state index in [1.54, 1.807) is 0 Å². The molecule has 0 fully saturated rings. The number of amides is 1. The maximum Gasteiger partial charge on any atom is 0.357 e. The van der Waals surface area contributed by atoms with Crippen LogP contribution in [0.4, 0.5) is 5.82 Å². The fourth-order valence-corrected chi connectivity index (χ4v) is 2.87. The lowest BCUT2D eigenvalue weighted by Gasteiger charge is -2.05. The van der Waals surface area contributed by atoms with Crippen LogP contribution in [-0.4, -0.2) is 44.3 Å². The van der Waals surface area contributed by atoms with Gasteiger partial charge in [-0.2, -0.15) is 4.98 Å². The normalized spacial score (nSPS) is 11.2. The van der Waals surface area contributed by atoms with Gasteiger partial charge in [0.15, 0.2) is 11.2 Å². The number of aryl methyl sites for hydroxylation is 1. The molecule has 0 aliphatic carbocycles. The summed E-state index contributed by atoms with van der Waals surface area (Å²) in [5, 5.41) is 10.1. The summed E-state index contributed by atoms with van der Waals surface area (Å²) in [6.07, 6.45) is 2.71. The molecule has 0 aliphatic heterocycles. The van der Waals surface area contributed by atoms with Crippen molar-refractivity contribution in [1.29, 1.82) is 0 Å². The zero-order chi connectivity index (χ0) is 21.6. The highest BCUT2D eigenvalue weighted by atomic mass is 16.4. The zero-order valence-corrected chi connectivity index (χ0v) is 16.1. The van der Waals surface area contributed by atoms with Crippen molar-refractivity contribution in [2.75, 3.05) is 5.32 Å². The van der Waals surface area contributed by atoms with Gasteiger partial charge >= 0.3 is 17.4 Å². The second-order valence-electron chi connectivity index (χ2n) is 6.38. The SMILES string of the molecule is CC(=O)Nc1ccn(-c2nnc(Cn3cnc4c3c(=O)n(C)c(=O)n4C)o2)c(=O)n1. The number of anilines is 1. The molecule has 1 N–H and O–H groups in total. The number of rotatable bonds is 4. The number of imidazole rings is 1. The van der Waals surface area contributed by atoms with E-state index in [1.165, 1.54) is 48.7 Å². The van der Waals surface area contributed by atoms with Crippen LogP contribution in [0.1, 0.15) is 12.8 Å². The van der Waals surface area contributed by atoms with Crippen molar-refractivity contribution in [2.24, 2.45) is 14.1 Å². The van der Waals surface area contributed by atoms with E-state index in [9.17, 15) is 19.2 Å². The van der Waals surface area contributed by atoms with Gasteiger partial charge in [-0.3, -0.25) is 18.7 Å². The Hall–Kier alpha value is -4.36. The molecule has 4 aromatic rings. The van der Waals surface area contributed by atoms with Crippen molar-refractivity contribution in [3.63, 3.8) is 0 Å². The average Bonchev–Trinajstić information content (AvgIpc) is 3.32. The minimum atomic E-state index is -0.728. The summed E-state index contributed by atoms with van der Waals surface area (Å²) >= 11 is 0. The highest BCUT2D eigenvalue weighted by molar-refractivity contribution is 5.87. The molecule has 4 heterocycles. The summed E-state index contributed by atoms with van der Waals surface area (Å²) in [7, 11) is 2.88. The molecular formula is C16H15N9O5. The molecule has 30 heavy (non-hydrogen) atoms. The molecule has 4 aromatic heterocycles. The summed E-state index contributed by atoms with van der Waals surface area (Å²) in [6.45, 7) is 1.28. The number of hydrogen-bond acceptors (Lipinski definition) is 9. The van der Waals surface area contributed by atoms with E-state index >= 15 is 0 Å². The van der Waals surface area contributed by atoms with Crippen LogP contribution in [-0.2, 0) is 25.4 Å². The second kappa shape index (κ2) is 6.91. The minimum Gasteiger partial charge on any atom is -0.405 e. The van der Waals surface area contributed by atoms with Gasteiger partial charge < -0.3 is 14.3 Å². The van der Waals surface area contributed by atoms with Gasteiger partial charge in [0.05, 0.1) is 6.33 Å². The van der Waals surface area contributed by atoms with Crippen molar-refractivity contribution in [2.45, 2.75) is 13.5 Å². The number of hydrogen-bond donors (Lipinski definition) is 1. The van der Waals surface area contributed by atoms with Gasteiger partial charge in [0.1, 0.15) is 12.4 Å². The number of carbonyl (C=O) groups excluding carboxylic acids is 1. The fourth-order valence-electron chi connectivity index (χ4n) is 2.87. The lowest BCUT2D eigenvalue weighted by molar-refractivity contribution is -0.114. The molecule has 0 atom stereocenters. The van der Waals surface area contributed by atoms with Crippen molar-refractivity contribution in [3.8, 4) is 6.01 Å². The van der Waals surface area contributed by atoms with Crippen molar-refractivity contribution in [3.05, 3.63) is 55.8 Å². The van der Waals surface area contributed by atoms with Crippen LogP contribution >= 0.6 is 0 Å². The molecule has 154 valence electrons. The zero-order valence-electron chi connectivity index (χ0n) is 16.1. The van der Waals surface area contributed by atoms with Gasteiger partial charge in [0, 0.05) is 27.2 Å². The lowest BCUT2D eigenvalue weighted by atomic mass is 10.5. The first-order valence-corrected chi connectivity index (χ1v) is 8.57. The van der Waals surface area contributed by atoms with Gasteiger partial charge in [-0.25, -0.2) is 19.1 Å². The lowest BCUT2D eigenvalue weighted by Crippen LogP contribution is -2.37. The van der Waals surface area contributed by atoms with Crippen LogP contribution in [0.5, 0.6) is 0 Å². The molecule has 14 nitrogen and oxygen atoms in total. The number of fused-ring (bicyclic) bond motifs is 1. The molecule has 0 unspecified atom stereocenters. The predicted molar refractivity (Wildman–Crippen MR) is 101 cm³/mol. The molecule has 0 bridgehead atoms. The molecule has 1 amide bonds. The summed E-state index contributed by atoms with van der Waals surface area (Å²) < 4.78 is 10.2. The van der Waals surface area contributed by atoms with Gasteiger partial charge in [-0.05, 0) is 6.07 Å². The summed E-state index contributed by atoms with van der Waals surface area (Å²) in [6, 6.07) is 1.27. The topological polar surface area (TPSA) is 165 Å². The molecule has 0 saturated carbocycles. The Morgan fingerprint density at radius 2 is 1.93 bits per heavy atom. The Balaban J connectivity index is 1.68. The quantitative estimate of drug-likeness (QED) is 0.413. The fraction of sp³-hybridized carbons (Fsp3) is 0.250. The first kappa shape index (κ1) is 19.0. The van der Waals surface area contributed by atoms with Crippen LogP contribution in [0.3, 0.4) is 0 Å². The Labute approximate surface area is 166 Å². The van der Waals surface area contributed by atoms with Crippen LogP contribution in [0.2, 0.25) is 0 Å². The predicted octanol–water partition coefficient (Wildman–Crippen LogP) is -1.63. The van der Waals surface area contributed by atoms with E-state index in [2.05, 4.69) is 25.5 Å².